The average molecular weight is 271 g/mol. The lowest BCUT2D eigenvalue weighted by Crippen LogP contribution is -2.14. The molecule has 4 N–H and O–H groups in total. The zero-order valence-corrected chi connectivity index (χ0v) is 10.0. The number of nitrogens with zero attached hydrogens (tertiary/aromatic N) is 1. The minimum atomic E-state index is -0.407. The molecule has 0 aliphatic carbocycles. The molecule has 0 aliphatic rings. The van der Waals surface area contributed by atoms with Gasteiger partial charge in [0.15, 0.2) is 5.82 Å². The second-order valence-corrected chi connectivity index (χ2v) is 4.15. The molecule has 17 heavy (non-hydrogen) atoms. The molecule has 7 heteroatoms. The van der Waals surface area contributed by atoms with Crippen LogP contribution in [0.15, 0.2) is 29.3 Å². The van der Waals surface area contributed by atoms with E-state index in [-0.39, 0.29) is 11.5 Å². The lowest BCUT2D eigenvalue weighted by Gasteiger charge is -2.07. The smallest absolute Gasteiger partial charge is 0.276 e. The molecule has 0 saturated heterocycles. The van der Waals surface area contributed by atoms with Gasteiger partial charge in [-0.1, -0.05) is 23.2 Å². The largest absolute Gasteiger partial charge is 0.391 e. The standard InChI is InChI=1S/C10H8Cl2N4O/c11-5-1-6(12)3-7(2-5)16-9-8(13)10(17)15-4-14-9/h1-4H,13H2,(H2,14,15,16,17). The Kier molecular flexibility index (Phi) is 3.21. The first-order valence-corrected chi connectivity index (χ1v) is 5.38. The van der Waals surface area contributed by atoms with Crippen LogP contribution in [0.2, 0.25) is 10.0 Å². The van der Waals surface area contributed by atoms with E-state index in [0.717, 1.165) is 0 Å². The van der Waals surface area contributed by atoms with Gasteiger partial charge in [0.2, 0.25) is 0 Å². The van der Waals surface area contributed by atoms with Gasteiger partial charge in [-0.15, -0.1) is 0 Å². The summed E-state index contributed by atoms with van der Waals surface area (Å²) in [5.41, 5.74) is 5.77. The van der Waals surface area contributed by atoms with Crippen LogP contribution < -0.4 is 16.6 Å². The van der Waals surface area contributed by atoms with Crippen LogP contribution in [-0.4, -0.2) is 9.97 Å². The highest BCUT2D eigenvalue weighted by atomic mass is 35.5. The number of anilines is 3. The van der Waals surface area contributed by atoms with Gasteiger partial charge in [-0.05, 0) is 18.2 Å². The third-order valence-corrected chi connectivity index (χ3v) is 2.45. The molecular weight excluding hydrogens is 263 g/mol. The van der Waals surface area contributed by atoms with Crippen molar-refractivity contribution in [2.45, 2.75) is 0 Å². The molecule has 0 spiro atoms. The summed E-state index contributed by atoms with van der Waals surface area (Å²) in [6.07, 6.45) is 1.26. The highest BCUT2D eigenvalue weighted by Gasteiger charge is 2.05. The normalized spacial score (nSPS) is 10.2. The molecule has 1 aromatic heterocycles. The van der Waals surface area contributed by atoms with Crippen LogP contribution in [0.3, 0.4) is 0 Å². The molecule has 88 valence electrons. The molecule has 1 heterocycles. The Labute approximate surface area is 107 Å². The fraction of sp³-hybridized carbons (Fsp3) is 0. The number of aromatic nitrogens is 2. The van der Waals surface area contributed by atoms with E-state index in [9.17, 15) is 4.79 Å². The van der Waals surface area contributed by atoms with Crippen molar-refractivity contribution >= 4 is 40.4 Å². The summed E-state index contributed by atoms with van der Waals surface area (Å²) >= 11 is 11.7. The van der Waals surface area contributed by atoms with Crippen molar-refractivity contribution in [3.05, 3.63) is 44.9 Å². The molecule has 0 radical (unpaired) electrons. The molecule has 0 atom stereocenters. The minimum absolute atomic E-state index is 0.00333. The fourth-order valence-electron chi connectivity index (χ4n) is 1.27. The molecule has 0 fully saturated rings. The van der Waals surface area contributed by atoms with Gasteiger partial charge in [-0.3, -0.25) is 4.79 Å². The number of nitrogens with one attached hydrogen (secondary N) is 2. The maximum atomic E-state index is 11.3. The first-order valence-electron chi connectivity index (χ1n) is 4.62. The van der Waals surface area contributed by atoms with Gasteiger partial charge in [0.1, 0.15) is 5.69 Å². The molecule has 0 unspecified atom stereocenters. The van der Waals surface area contributed by atoms with E-state index in [0.29, 0.717) is 15.7 Å². The summed E-state index contributed by atoms with van der Waals surface area (Å²) in [4.78, 5) is 17.5. The second-order valence-electron chi connectivity index (χ2n) is 3.28. The maximum absolute atomic E-state index is 11.3. The Morgan fingerprint density at radius 1 is 1.24 bits per heavy atom. The minimum Gasteiger partial charge on any atom is -0.391 e. The number of rotatable bonds is 2. The highest BCUT2D eigenvalue weighted by Crippen LogP contribution is 2.25. The summed E-state index contributed by atoms with van der Waals surface area (Å²) in [7, 11) is 0. The van der Waals surface area contributed by atoms with E-state index in [1.165, 1.54) is 6.33 Å². The Bertz CT molecular complexity index is 591. The zero-order valence-electron chi connectivity index (χ0n) is 8.50. The van der Waals surface area contributed by atoms with Crippen LogP contribution in [0.25, 0.3) is 0 Å². The van der Waals surface area contributed by atoms with Crippen molar-refractivity contribution in [1.82, 2.24) is 9.97 Å². The average Bonchev–Trinajstić information content (AvgIpc) is 2.23. The molecule has 0 bridgehead atoms. The predicted molar refractivity (Wildman–Crippen MR) is 69.0 cm³/mol. The van der Waals surface area contributed by atoms with E-state index in [2.05, 4.69) is 15.3 Å². The molecule has 2 rings (SSSR count). The number of nitrogens with two attached hydrogens (primary N) is 1. The van der Waals surface area contributed by atoms with Gasteiger partial charge >= 0.3 is 0 Å². The number of nitrogen functional groups attached to an aromatic ring is 1. The molecule has 0 saturated carbocycles. The number of halogens is 2. The van der Waals surface area contributed by atoms with E-state index in [1.807, 2.05) is 0 Å². The van der Waals surface area contributed by atoms with Gasteiger partial charge < -0.3 is 16.0 Å². The van der Waals surface area contributed by atoms with Crippen molar-refractivity contribution in [1.29, 1.82) is 0 Å². The van der Waals surface area contributed by atoms with Crippen molar-refractivity contribution in [3.8, 4) is 0 Å². The quantitative estimate of drug-likeness (QED) is 0.783. The second kappa shape index (κ2) is 4.65. The number of hydrogen-bond donors (Lipinski definition) is 3. The Morgan fingerprint density at radius 3 is 2.53 bits per heavy atom. The summed E-state index contributed by atoms with van der Waals surface area (Å²) in [6.45, 7) is 0. The van der Waals surface area contributed by atoms with Gasteiger partial charge in [0.05, 0.1) is 6.33 Å². The van der Waals surface area contributed by atoms with Crippen LogP contribution in [0.4, 0.5) is 17.2 Å². The zero-order chi connectivity index (χ0) is 12.4. The first kappa shape index (κ1) is 11.8. The molecule has 2 aromatic rings. The van der Waals surface area contributed by atoms with Gasteiger partial charge in [-0.25, -0.2) is 4.98 Å². The lowest BCUT2D eigenvalue weighted by molar-refractivity contribution is 1.13. The van der Waals surface area contributed by atoms with Gasteiger partial charge in [0.25, 0.3) is 5.56 Å². The maximum Gasteiger partial charge on any atom is 0.276 e. The Hall–Kier alpha value is -1.72. The third kappa shape index (κ3) is 2.69. The van der Waals surface area contributed by atoms with Crippen LogP contribution in [0.5, 0.6) is 0 Å². The molecule has 1 aromatic carbocycles. The predicted octanol–water partition coefficient (Wildman–Crippen LogP) is 2.40. The SMILES string of the molecule is Nc1c(Nc2cc(Cl)cc(Cl)c2)nc[nH]c1=O. The van der Waals surface area contributed by atoms with Gasteiger partial charge in [-0.2, -0.15) is 0 Å². The summed E-state index contributed by atoms with van der Waals surface area (Å²) in [5.74, 6) is 0.257. The van der Waals surface area contributed by atoms with E-state index >= 15 is 0 Å². The Morgan fingerprint density at radius 2 is 1.88 bits per heavy atom. The molecular formula is C10H8Cl2N4O. The first-order chi connectivity index (χ1) is 8.06. The molecule has 0 amide bonds. The topological polar surface area (TPSA) is 83.8 Å². The molecule has 0 aliphatic heterocycles. The summed E-state index contributed by atoms with van der Waals surface area (Å²) in [6, 6.07) is 4.90. The van der Waals surface area contributed by atoms with Crippen molar-refractivity contribution < 1.29 is 0 Å². The van der Waals surface area contributed by atoms with Gasteiger partial charge in [0, 0.05) is 15.7 Å². The van der Waals surface area contributed by atoms with Crippen molar-refractivity contribution in [3.63, 3.8) is 0 Å². The number of benzene rings is 1. The van der Waals surface area contributed by atoms with Crippen molar-refractivity contribution in [2.24, 2.45) is 0 Å². The fourth-order valence-corrected chi connectivity index (χ4v) is 1.80. The van der Waals surface area contributed by atoms with Crippen LogP contribution in [-0.2, 0) is 0 Å². The Balaban J connectivity index is 2.38. The van der Waals surface area contributed by atoms with Crippen molar-refractivity contribution in [2.75, 3.05) is 11.1 Å². The highest BCUT2D eigenvalue weighted by molar-refractivity contribution is 6.35. The summed E-state index contributed by atoms with van der Waals surface area (Å²) < 4.78 is 0. The number of hydrogen-bond acceptors (Lipinski definition) is 4. The number of aromatic amines is 1. The van der Waals surface area contributed by atoms with E-state index < -0.39 is 5.56 Å². The number of H-pyrrole nitrogens is 1. The van der Waals surface area contributed by atoms with Crippen LogP contribution in [0.1, 0.15) is 0 Å². The monoisotopic (exact) mass is 270 g/mol. The van der Waals surface area contributed by atoms with E-state index in [1.54, 1.807) is 18.2 Å². The van der Waals surface area contributed by atoms with E-state index in [4.69, 9.17) is 28.9 Å². The molecule has 5 nitrogen and oxygen atoms in total. The third-order valence-electron chi connectivity index (χ3n) is 2.01. The van der Waals surface area contributed by atoms with Crippen LogP contribution >= 0.6 is 23.2 Å². The summed E-state index contributed by atoms with van der Waals surface area (Å²) in [5, 5.41) is 3.82. The lowest BCUT2D eigenvalue weighted by atomic mass is 10.3. The van der Waals surface area contributed by atoms with Crippen LogP contribution in [0, 0.1) is 0 Å².